The summed E-state index contributed by atoms with van der Waals surface area (Å²) in [6.45, 7) is 7.98. The number of hydrogen-bond acceptors (Lipinski definition) is 8. The van der Waals surface area contributed by atoms with E-state index in [1.54, 1.807) is 46.3 Å². The van der Waals surface area contributed by atoms with Gasteiger partial charge in [-0.3, -0.25) is 0 Å². The highest BCUT2D eigenvalue weighted by molar-refractivity contribution is 7.89. The molecule has 0 N–H and O–H groups in total. The third-order valence-electron chi connectivity index (χ3n) is 7.56. The van der Waals surface area contributed by atoms with Gasteiger partial charge in [0.1, 0.15) is 18.2 Å². The minimum Gasteiger partial charge on any atom is -0.497 e. The molecule has 206 valence electrons. The Morgan fingerprint density at radius 2 is 1.76 bits per heavy atom. The van der Waals surface area contributed by atoms with E-state index in [1.165, 1.54) is 23.6 Å². The average Bonchev–Trinajstić information content (AvgIpc) is 2.87. The Balaban J connectivity index is 1.60. The lowest BCUT2D eigenvalue weighted by molar-refractivity contribution is 0.103. The van der Waals surface area contributed by atoms with E-state index in [1.807, 2.05) is 6.07 Å². The van der Waals surface area contributed by atoms with Crippen molar-refractivity contribution in [2.24, 2.45) is 0 Å². The van der Waals surface area contributed by atoms with Gasteiger partial charge in [0.25, 0.3) is 0 Å². The Morgan fingerprint density at radius 3 is 2.32 bits per heavy atom. The molecule has 1 aliphatic heterocycles. The number of piperidine rings is 1. The van der Waals surface area contributed by atoms with E-state index in [2.05, 4.69) is 40.8 Å². The van der Waals surface area contributed by atoms with Gasteiger partial charge in [0.15, 0.2) is 0 Å². The monoisotopic (exact) mass is 533 g/mol. The maximum absolute atomic E-state index is 13.2. The number of aromatic nitrogens is 2. The third-order valence-corrected chi connectivity index (χ3v) is 9.72. The lowest BCUT2D eigenvalue weighted by Crippen LogP contribution is -2.52. The first-order valence-electron chi connectivity index (χ1n) is 13.0. The minimum absolute atomic E-state index is 0.147. The Morgan fingerprint density at radius 1 is 1.11 bits per heavy atom. The van der Waals surface area contributed by atoms with Crippen molar-refractivity contribution < 1.29 is 17.9 Å². The zero-order chi connectivity index (χ0) is 27.2. The Labute approximate surface area is 222 Å². The molecule has 1 saturated heterocycles. The van der Waals surface area contributed by atoms with Gasteiger partial charge in [0.2, 0.25) is 10.0 Å². The smallest absolute Gasteiger partial charge is 0.318 e. The highest BCUT2D eigenvalue weighted by Gasteiger charge is 2.36. The van der Waals surface area contributed by atoms with Crippen LogP contribution >= 0.6 is 0 Å². The summed E-state index contributed by atoms with van der Waals surface area (Å²) in [5, 5.41) is 0. The molecule has 2 heterocycles. The van der Waals surface area contributed by atoms with E-state index in [-0.39, 0.29) is 24.7 Å². The van der Waals surface area contributed by atoms with E-state index in [0.717, 1.165) is 31.7 Å². The van der Waals surface area contributed by atoms with Crippen molar-refractivity contribution in [1.29, 1.82) is 0 Å². The molecule has 9 nitrogen and oxygen atoms in total. The predicted octanol–water partition coefficient (Wildman–Crippen LogP) is 3.89. The number of sulfonamides is 1. The normalized spacial score (nSPS) is 15.9. The molecule has 1 fully saturated rings. The summed E-state index contributed by atoms with van der Waals surface area (Å²) in [5.41, 5.74) is 1.54. The molecule has 0 saturated carbocycles. The molecule has 0 amide bonds. The molecule has 1 aromatic carbocycles. The molecule has 3 rings (SSSR count). The van der Waals surface area contributed by atoms with Crippen molar-refractivity contribution in [2.45, 2.75) is 63.3 Å². The number of rotatable bonds is 12. The van der Waals surface area contributed by atoms with Crippen LogP contribution in [0.2, 0.25) is 0 Å². The van der Waals surface area contributed by atoms with Crippen molar-refractivity contribution in [3.8, 4) is 11.8 Å². The Bertz CT molecular complexity index is 1120. The summed E-state index contributed by atoms with van der Waals surface area (Å²) in [5.74, 6) is 1.48. The average molecular weight is 534 g/mol. The van der Waals surface area contributed by atoms with E-state index in [9.17, 15) is 8.42 Å². The second-order valence-corrected chi connectivity index (χ2v) is 12.2. The third kappa shape index (κ3) is 6.72. The van der Waals surface area contributed by atoms with Crippen LogP contribution in [0.4, 0.5) is 5.82 Å². The molecule has 0 atom stereocenters. The Kier molecular flexibility index (Phi) is 9.77. The summed E-state index contributed by atoms with van der Waals surface area (Å²) in [6.07, 6.45) is 7.55. The number of ether oxygens (including phenoxy) is 2. The molecule has 0 unspecified atom stereocenters. The molecule has 2 aromatic rings. The number of likely N-dealkylation sites (N-methyl/N-ethyl adjacent to an activating group) is 1. The van der Waals surface area contributed by atoms with Gasteiger partial charge in [-0.05, 0) is 76.5 Å². The second-order valence-electron chi connectivity index (χ2n) is 10.2. The SMILES string of the molecule is CCCCC1(N(C)C)CCN(c2ccnc(OCCN(C)S(=O)(=O)c3c(C)cc(OC)cc3C)n2)CC1. The molecule has 10 heteroatoms. The van der Waals surface area contributed by atoms with Gasteiger partial charge in [-0.1, -0.05) is 19.8 Å². The number of anilines is 1. The summed E-state index contributed by atoms with van der Waals surface area (Å²) in [7, 11) is 3.82. The van der Waals surface area contributed by atoms with Gasteiger partial charge in [0, 0.05) is 38.4 Å². The summed E-state index contributed by atoms with van der Waals surface area (Å²) >= 11 is 0. The van der Waals surface area contributed by atoms with Gasteiger partial charge in [-0.2, -0.15) is 9.29 Å². The molecular weight excluding hydrogens is 490 g/mol. The maximum atomic E-state index is 13.2. The largest absolute Gasteiger partial charge is 0.497 e. The van der Waals surface area contributed by atoms with Crippen LogP contribution in [-0.4, -0.2) is 87.6 Å². The summed E-state index contributed by atoms with van der Waals surface area (Å²) in [4.78, 5) is 13.8. The fraction of sp³-hybridized carbons (Fsp3) is 0.630. The highest BCUT2D eigenvalue weighted by atomic mass is 32.2. The van der Waals surface area contributed by atoms with Crippen LogP contribution in [0.3, 0.4) is 0 Å². The van der Waals surface area contributed by atoms with Crippen molar-refractivity contribution in [2.75, 3.05) is 59.4 Å². The fourth-order valence-electron chi connectivity index (χ4n) is 5.13. The second kappa shape index (κ2) is 12.4. The van der Waals surface area contributed by atoms with Crippen LogP contribution in [0.1, 0.15) is 50.2 Å². The van der Waals surface area contributed by atoms with Gasteiger partial charge >= 0.3 is 6.01 Å². The number of unbranched alkanes of at least 4 members (excludes halogenated alkanes) is 1. The molecular formula is C27H43N5O4S. The van der Waals surface area contributed by atoms with E-state index >= 15 is 0 Å². The lowest BCUT2D eigenvalue weighted by Gasteiger charge is -2.46. The quantitative estimate of drug-likeness (QED) is 0.406. The summed E-state index contributed by atoms with van der Waals surface area (Å²) < 4.78 is 38.8. The fourth-order valence-corrected chi connectivity index (χ4v) is 6.69. The molecule has 0 spiro atoms. The van der Waals surface area contributed by atoms with Crippen molar-refractivity contribution >= 4 is 15.8 Å². The number of hydrogen-bond donors (Lipinski definition) is 0. The number of benzene rings is 1. The van der Waals surface area contributed by atoms with Crippen LogP contribution in [0.25, 0.3) is 0 Å². The van der Waals surface area contributed by atoms with Crippen molar-refractivity contribution in [1.82, 2.24) is 19.2 Å². The van der Waals surface area contributed by atoms with Crippen molar-refractivity contribution in [3.63, 3.8) is 0 Å². The maximum Gasteiger partial charge on any atom is 0.318 e. The number of methoxy groups -OCH3 is 1. The zero-order valence-electron chi connectivity index (χ0n) is 23.5. The first-order valence-corrected chi connectivity index (χ1v) is 14.5. The van der Waals surface area contributed by atoms with Gasteiger partial charge in [-0.15, -0.1) is 0 Å². The summed E-state index contributed by atoms with van der Waals surface area (Å²) in [6, 6.07) is 5.64. The molecule has 0 bridgehead atoms. The number of aryl methyl sites for hydroxylation is 2. The van der Waals surface area contributed by atoms with Crippen LogP contribution < -0.4 is 14.4 Å². The molecule has 0 aliphatic carbocycles. The first-order chi connectivity index (χ1) is 17.5. The van der Waals surface area contributed by atoms with Crippen LogP contribution in [0, 0.1) is 13.8 Å². The topological polar surface area (TPSA) is 88.1 Å². The molecule has 1 aliphatic rings. The highest BCUT2D eigenvalue weighted by Crippen LogP contribution is 2.34. The predicted molar refractivity (Wildman–Crippen MR) is 147 cm³/mol. The van der Waals surface area contributed by atoms with Crippen LogP contribution in [-0.2, 0) is 10.0 Å². The zero-order valence-corrected chi connectivity index (χ0v) is 24.3. The van der Waals surface area contributed by atoms with E-state index in [0.29, 0.717) is 21.8 Å². The van der Waals surface area contributed by atoms with Crippen molar-refractivity contribution in [3.05, 3.63) is 35.5 Å². The minimum atomic E-state index is -3.69. The molecule has 1 aromatic heterocycles. The first kappa shape index (κ1) is 29.1. The Hall–Kier alpha value is -2.43. The van der Waals surface area contributed by atoms with E-state index < -0.39 is 10.0 Å². The van der Waals surface area contributed by atoms with Crippen LogP contribution in [0.5, 0.6) is 11.8 Å². The molecule has 0 radical (unpaired) electrons. The van der Waals surface area contributed by atoms with E-state index in [4.69, 9.17) is 9.47 Å². The van der Waals surface area contributed by atoms with Crippen LogP contribution in [0.15, 0.2) is 29.3 Å². The molecule has 37 heavy (non-hydrogen) atoms. The standard InChI is InChI=1S/C27H43N5O4S/c1-8-9-11-27(30(4)5)12-15-32(16-13-27)24-10-14-28-26(29-24)36-18-17-31(6)37(33,34)25-21(2)19-23(35-7)20-22(25)3/h10,14,19-20H,8-9,11-13,15-18H2,1-7H3. The van der Waals surface area contributed by atoms with Gasteiger partial charge in [0.05, 0.1) is 12.0 Å². The van der Waals surface area contributed by atoms with Gasteiger partial charge in [-0.25, -0.2) is 13.4 Å². The lowest BCUT2D eigenvalue weighted by atomic mass is 9.82. The van der Waals surface area contributed by atoms with Gasteiger partial charge < -0.3 is 19.3 Å². The number of nitrogens with zero attached hydrogens (tertiary/aromatic N) is 5.